The highest BCUT2D eigenvalue weighted by molar-refractivity contribution is 7.97. The lowest BCUT2D eigenvalue weighted by Crippen LogP contribution is -2.09. The van der Waals surface area contributed by atoms with E-state index in [1.807, 2.05) is 60.7 Å². The predicted molar refractivity (Wildman–Crippen MR) is 83.1 cm³/mol. The van der Waals surface area contributed by atoms with Crippen molar-refractivity contribution in [1.82, 2.24) is 0 Å². The third kappa shape index (κ3) is 2.83. The quantitative estimate of drug-likeness (QED) is 0.691. The van der Waals surface area contributed by atoms with Crippen molar-refractivity contribution >= 4 is 10.9 Å². The largest absolute Gasteiger partial charge is 0.508 e. The Morgan fingerprint density at radius 3 is 1.50 bits per heavy atom. The van der Waals surface area contributed by atoms with Crippen LogP contribution in [0.15, 0.2) is 87.5 Å². The molecule has 0 heterocycles. The van der Waals surface area contributed by atoms with E-state index in [1.165, 1.54) is 0 Å². The molecule has 22 heavy (non-hydrogen) atoms. The third-order valence-electron chi connectivity index (χ3n) is 3.14. The van der Waals surface area contributed by atoms with Gasteiger partial charge in [-0.1, -0.05) is 36.4 Å². The Morgan fingerprint density at radius 1 is 0.682 bits per heavy atom. The van der Waals surface area contributed by atoms with Crippen LogP contribution in [0.25, 0.3) is 0 Å². The van der Waals surface area contributed by atoms with Gasteiger partial charge in [0.25, 0.3) is 0 Å². The van der Waals surface area contributed by atoms with Gasteiger partial charge in [0, 0.05) is 12.1 Å². The Labute approximate surface area is 130 Å². The fourth-order valence-electron chi connectivity index (χ4n) is 2.23. The van der Waals surface area contributed by atoms with E-state index in [9.17, 15) is 13.9 Å². The molecule has 0 unspecified atom stereocenters. The SMILES string of the molecule is Oc1cc(F)c([S+](c2ccccc2)c2ccccc2)c(F)c1. The number of phenolic OH excluding ortho intramolecular Hbond substituents is 1. The van der Waals surface area contributed by atoms with Crippen molar-refractivity contribution in [2.75, 3.05) is 0 Å². The summed E-state index contributed by atoms with van der Waals surface area (Å²) in [6, 6.07) is 20.4. The van der Waals surface area contributed by atoms with Crippen LogP contribution in [-0.4, -0.2) is 5.11 Å². The number of benzene rings is 3. The molecule has 1 N–H and O–H groups in total. The molecular weight excluding hydrogens is 302 g/mol. The van der Waals surface area contributed by atoms with Crippen molar-refractivity contribution < 1.29 is 13.9 Å². The molecule has 110 valence electrons. The molecule has 0 atom stereocenters. The summed E-state index contributed by atoms with van der Waals surface area (Å²) in [4.78, 5) is 1.60. The molecule has 0 aliphatic carbocycles. The van der Waals surface area contributed by atoms with Gasteiger partial charge >= 0.3 is 0 Å². The van der Waals surface area contributed by atoms with E-state index >= 15 is 0 Å². The lowest BCUT2D eigenvalue weighted by Gasteiger charge is -2.09. The molecule has 0 aliphatic rings. The zero-order chi connectivity index (χ0) is 15.5. The first-order chi connectivity index (χ1) is 10.7. The van der Waals surface area contributed by atoms with Crippen LogP contribution < -0.4 is 0 Å². The van der Waals surface area contributed by atoms with Gasteiger partial charge in [-0.05, 0) is 24.3 Å². The molecular formula is C18H13F2OS+. The summed E-state index contributed by atoms with van der Waals surface area (Å²) >= 11 is 0. The van der Waals surface area contributed by atoms with Crippen LogP contribution in [0.2, 0.25) is 0 Å². The summed E-state index contributed by atoms with van der Waals surface area (Å²) < 4.78 is 28.7. The molecule has 3 aromatic carbocycles. The van der Waals surface area contributed by atoms with E-state index in [1.54, 1.807) is 0 Å². The lowest BCUT2D eigenvalue weighted by atomic mass is 10.3. The number of rotatable bonds is 3. The van der Waals surface area contributed by atoms with Crippen LogP contribution in [0.4, 0.5) is 8.78 Å². The highest BCUT2D eigenvalue weighted by Crippen LogP contribution is 2.35. The molecule has 0 radical (unpaired) electrons. The van der Waals surface area contributed by atoms with Crippen LogP contribution in [0.3, 0.4) is 0 Å². The van der Waals surface area contributed by atoms with Crippen molar-refractivity contribution in [2.24, 2.45) is 0 Å². The molecule has 4 heteroatoms. The molecule has 0 amide bonds. The second-order valence-electron chi connectivity index (χ2n) is 4.67. The summed E-state index contributed by atoms with van der Waals surface area (Å²) in [5.41, 5.74) is 0. The van der Waals surface area contributed by atoms with Gasteiger partial charge in [-0.25, -0.2) is 8.78 Å². The van der Waals surface area contributed by atoms with Crippen molar-refractivity contribution in [1.29, 1.82) is 0 Å². The van der Waals surface area contributed by atoms with Gasteiger partial charge in [0.1, 0.15) is 16.6 Å². The van der Waals surface area contributed by atoms with Gasteiger partial charge in [-0.2, -0.15) is 0 Å². The Kier molecular flexibility index (Phi) is 4.11. The fourth-order valence-corrected chi connectivity index (χ4v) is 4.34. The summed E-state index contributed by atoms with van der Waals surface area (Å²) in [6.07, 6.45) is 0. The third-order valence-corrected chi connectivity index (χ3v) is 5.43. The zero-order valence-corrected chi connectivity index (χ0v) is 12.4. The van der Waals surface area contributed by atoms with Crippen molar-refractivity contribution in [2.45, 2.75) is 14.7 Å². The molecule has 3 rings (SSSR count). The van der Waals surface area contributed by atoms with Crippen molar-refractivity contribution in [3.05, 3.63) is 84.4 Å². The molecule has 0 saturated heterocycles. The van der Waals surface area contributed by atoms with E-state index in [0.717, 1.165) is 21.9 Å². The predicted octanol–water partition coefficient (Wildman–Crippen LogP) is 4.77. The average molecular weight is 315 g/mol. The highest BCUT2D eigenvalue weighted by atomic mass is 32.2. The fraction of sp³-hybridized carbons (Fsp3) is 0. The second kappa shape index (κ2) is 6.20. The molecule has 3 aromatic rings. The number of hydrogen-bond acceptors (Lipinski definition) is 1. The minimum absolute atomic E-state index is 0.0322. The molecule has 0 aromatic heterocycles. The monoisotopic (exact) mass is 315 g/mol. The number of phenols is 1. The summed E-state index contributed by atoms with van der Waals surface area (Å²) in [6.45, 7) is 0. The van der Waals surface area contributed by atoms with E-state index in [2.05, 4.69) is 0 Å². The molecule has 0 saturated carbocycles. The van der Waals surface area contributed by atoms with E-state index in [0.29, 0.717) is 0 Å². The maximum Gasteiger partial charge on any atom is 0.237 e. The van der Waals surface area contributed by atoms with E-state index in [-0.39, 0.29) is 4.90 Å². The first-order valence-corrected chi connectivity index (χ1v) is 7.91. The molecule has 1 nitrogen and oxygen atoms in total. The average Bonchev–Trinajstić information content (AvgIpc) is 2.52. The van der Waals surface area contributed by atoms with Crippen molar-refractivity contribution in [3.63, 3.8) is 0 Å². The number of halogens is 2. The minimum atomic E-state index is -0.907. The Balaban J connectivity index is 2.24. The van der Waals surface area contributed by atoms with Gasteiger partial charge in [-0.15, -0.1) is 0 Å². The van der Waals surface area contributed by atoms with Gasteiger partial charge in [0.05, 0.1) is 0 Å². The van der Waals surface area contributed by atoms with Gasteiger partial charge in [0.15, 0.2) is 21.4 Å². The highest BCUT2D eigenvalue weighted by Gasteiger charge is 2.35. The molecule has 0 fully saturated rings. The molecule has 0 spiro atoms. The second-order valence-corrected chi connectivity index (χ2v) is 6.63. The van der Waals surface area contributed by atoms with Crippen LogP contribution in [0.1, 0.15) is 0 Å². The van der Waals surface area contributed by atoms with Gasteiger partial charge in [-0.3, -0.25) is 0 Å². The van der Waals surface area contributed by atoms with Crippen LogP contribution in [-0.2, 0) is 10.9 Å². The van der Waals surface area contributed by atoms with E-state index < -0.39 is 28.3 Å². The standard InChI is InChI=1S/C18H12F2OS/c19-16-11-13(21)12-17(20)18(16)22(14-7-3-1-4-8-14)15-9-5-2-6-10-15/h1-12H/p+1. The smallest absolute Gasteiger partial charge is 0.237 e. The van der Waals surface area contributed by atoms with Gasteiger partial charge in [0.2, 0.25) is 4.90 Å². The normalized spacial score (nSPS) is 10.9. The Morgan fingerprint density at radius 2 is 1.09 bits per heavy atom. The van der Waals surface area contributed by atoms with Gasteiger partial charge < -0.3 is 5.11 Å². The zero-order valence-electron chi connectivity index (χ0n) is 11.5. The molecule has 0 aliphatic heterocycles. The first-order valence-electron chi connectivity index (χ1n) is 6.69. The topological polar surface area (TPSA) is 20.2 Å². The number of aromatic hydroxyl groups is 1. The van der Waals surface area contributed by atoms with Crippen LogP contribution in [0.5, 0.6) is 5.75 Å². The number of hydrogen-bond donors (Lipinski definition) is 1. The van der Waals surface area contributed by atoms with Crippen LogP contribution >= 0.6 is 0 Å². The summed E-state index contributed by atoms with van der Waals surface area (Å²) in [7, 11) is -0.907. The molecule has 0 bridgehead atoms. The van der Waals surface area contributed by atoms with Crippen molar-refractivity contribution in [3.8, 4) is 5.75 Å². The Hall–Kier alpha value is -2.33. The minimum Gasteiger partial charge on any atom is -0.508 e. The Bertz CT molecular complexity index is 713. The summed E-state index contributed by atoms with van der Waals surface area (Å²) in [5, 5.41) is 9.36. The summed E-state index contributed by atoms with van der Waals surface area (Å²) in [5.74, 6) is -1.90. The lowest BCUT2D eigenvalue weighted by molar-refractivity contribution is 0.452. The maximum atomic E-state index is 14.3. The van der Waals surface area contributed by atoms with E-state index in [4.69, 9.17) is 0 Å². The first kappa shape index (κ1) is 14.6. The maximum absolute atomic E-state index is 14.3. The van der Waals surface area contributed by atoms with Crippen LogP contribution in [0, 0.1) is 11.6 Å².